The first-order valence-electron chi connectivity index (χ1n) is 8.31. The molecule has 0 bridgehead atoms. The Labute approximate surface area is 132 Å². The van der Waals surface area contributed by atoms with Gasteiger partial charge in [0.15, 0.2) is 0 Å². The first-order valence-corrected chi connectivity index (χ1v) is 10.4. The van der Waals surface area contributed by atoms with Gasteiger partial charge in [-0.15, -0.1) is 0 Å². The standard InChI is InChI=1S/C17H35NO2S/c1-16(2,3)18-13-15-9-10-17(4,5)12-14(15)8-7-11-21(6,19)20/h14-15,18H,7-13H2,1-6H3. The van der Waals surface area contributed by atoms with Crippen molar-refractivity contribution in [3.05, 3.63) is 0 Å². The van der Waals surface area contributed by atoms with E-state index in [0.717, 1.165) is 19.4 Å². The van der Waals surface area contributed by atoms with Crippen LogP contribution < -0.4 is 5.32 Å². The van der Waals surface area contributed by atoms with Gasteiger partial charge in [0.25, 0.3) is 0 Å². The fraction of sp³-hybridized carbons (Fsp3) is 1.00. The summed E-state index contributed by atoms with van der Waals surface area (Å²) in [5, 5.41) is 3.64. The average molecular weight is 318 g/mol. The Balaban J connectivity index is 2.58. The summed E-state index contributed by atoms with van der Waals surface area (Å²) in [7, 11) is -2.82. The zero-order valence-corrected chi connectivity index (χ0v) is 15.6. The van der Waals surface area contributed by atoms with Crippen molar-refractivity contribution in [1.82, 2.24) is 5.32 Å². The quantitative estimate of drug-likeness (QED) is 0.813. The molecule has 1 aliphatic rings. The van der Waals surface area contributed by atoms with E-state index >= 15 is 0 Å². The molecule has 0 aliphatic heterocycles. The highest BCUT2D eigenvalue weighted by Crippen LogP contribution is 2.43. The maximum absolute atomic E-state index is 11.3. The third kappa shape index (κ3) is 8.20. The Hall–Kier alpha value is -0.0900. The lowest BCUT2D eigenvalue weighted by atomic mass is 9.66. The van der Waals surface area contributed by atoms with E-state index in [-0.39, 0.29) is 5.54 Å². The van der Waals surface area contributed by atoms with E-state index in [4.69, 9.17) is 0 Å². The second kappa shape index (κ2) is 6.99. The molecule has 0 radical (unpaired) electrons. The van der Waals surface area contributed by atoms with Crippen molar-refractivity contribution in [3.8, 4) is 0 Å². The van der Waals surface area contributed by atoms with E-state index in [9.17, 15) is 8.42 Å². The van der Waals surface area contributed by atoms with Gasteiger partial charge >= 0.3 is 0 Å². The number of sulfone groups is 1. The molecule has 1 N–H and O–H groups in total. The average Bonchev–Trinajstić information content (AvgIpc) is 2.23. The summed E-state index contributed by atoms with van der Waals surface area (Å²) in [5.41, 5.74) is 0.568. The molecule has 0 heterocycles. The first kappa shape index (κ1) is 19.0. The molecule has 2 atom stereocenters. The lowest BCUT2D eigenvalue weighted by Crippen LogP contribution is -2.43. The van der Waals surface area contributed by atoms with Crippen molar-refractivity contribution < 1.29 is 8.42 Å². The summed E-state index contributed by atoms with van der Waals surface area (Å²) in [4.78, 5) is 0. The normalized spacial score (nSPS) is 26.8. The SMILES string of the molecule is CC1(C)CCC(CNC(C)(C)C)C(CCCS(C)(=O)=O)C1. The first-order chi connectivity index (χ1) is 9.38. The molecule has 0 spiro atoms. The summed E-state index contributed by atoms with van der Waals surface area (Å²) in [6.07, 6.45) is 6.98. The Morgan fingerprint density at radius 3 is 2.33 bits per heavy atom. The maximum Gasteiger partial charge on any atom is 0.147 e. The Bertz CT molecular complexity index is 421. The van der Waals surface area contributed by atoms with Gasteiger partial charge in [0.1, 0.15) is 9.84 Å². The zero-order valence-electron chi connectivity index (χ0n) is 14.8. The molecule has 0 aromatic carbocycles. The van der Waals surface area contributed by atoms with E-state index < -0.39 is 9.84 Å². The number of hydrogen-bond acceptors (Lipinski definition) is 3. The van der Waals surface area contributed by atoms with Gasteiger partial charge in [-0.3, -0.25) is 0 Å². The van der Waals surface area contributed by atoms with Crippen LogP contribution in [0, 0.1) is 17.3 Å². The molecule has 126 valence electrons. The topological polar surface area (TPSA) is 46.2 Å². The van der Waals surface area contributed by atoms with Crippen LogP contribution in [0.25, 0.3) is 0 Å². The Morgan fingerprint density at radius 2 is 1.81 bits per heavy atom. The van der Waals surface area contributed by atoms with Gasteiger partial charge in [0.05, 0.1) is 0 Å². The van der Waals surface area contributed by atoms with Gasteiger partial charge < -0.3 is 5.32 Å². The highest BCUT2D eigenvalue weighted by Gasteiger charge is 2.34. The highest BCUT2D eigenvalue weighted by atomic mass is 32.2. The molecule has 4 heteroatoms. The van der Waals surface area contributed by atoms with Crippen LogP contribution in [-0.4, -0.2) is 32.5 Å². The maximum atomic E-state index is 11.3. The molecule has 1 saturated carbocycles. The fourth-order valence-electron chi connectivity index (χ4n) is 3.44. The summed E-state index contributed by atoms with van der Waals surface area (Å²) < 4.78 is 22.7. The van der Waals surface area contributed by atoms with E-state index in [0.29, 0.717) is 23.0 Å². The van der Waals surface area contributed by atoms with Crippen molar-refractivity contribution in [2.45, 2.75) is 72.3 Å². The molecular weight excluding hydrogens is 282 g/mol. The molecule has 0 aromatic heterocycles. The largest absolute Gasteiger partial charge is 0.312 e. The monoisotopic (exact) mass is 317 g/mol. The number of hydrogen-bond donors (Lipinski definition) is 1. The van der Waals surface area contributed by atoms with Crippen molar-refractivity contribution in [2.24, 2.45) is 17.3 Å². The number of rotatable bonds is 6. The van der Waals surface area contributed by atoms with Gasteiger partial charge in [0.2, 0.25) is 0 Å². The summed E-state index contributed by atoms with van der Waals surface area (Å²) in [5.74, 6) is 1.69. The predicted octanol–water partition coefficient (Wildman–Crippen LogP) is 3.64. The summed E-state index contributed by atoms with van der Waals surface area (Å²) in [6.45, 7) is 12.4. The predicted molar refractivity (Wildman–Crippen MR) is 91.3 cm³/mol. The zero-order chi connectivity index (χ0) is 16.3. The van der Waals surface area contributed by atoms with Crippen molar-refractivity contribution >= 4 is 9.84 Å². The van der Waals surface area contributed by atoms with Crippen LogP contribution in [0.15, 0.2) is 0 Å². The summed E-state index contributed by atoms with van der Waals surface area (Å²) in [6, 6.07) is 0. The van der Waals surface area contributed by atoms with E-state index in [1.165, 1.54) is 25.5 Å². The van der Waals surface area contributed by atoms with Gasteiger partial charge in [-0.05, 0) is 76.7 Å². The minimum atomic E-state index is -2.82. The third-order valence-corrected chi connectivity index (χ3v) is 5.69. The Kier molecular flexibility index (Phi) is 6.31. The smallest absolute Gasteiger partial charge is 0.147 e. The molecule has 0 aromatic rings. The highest BCUT2D eigenvalue weighted by molar-refractivity contribution is 7.90. The lowest BCUT2D eigenvalue weighted by molar-refractivity contribution is 0.105. The van der Waals surface area contributed by atoms with E-state index in [1.54, 1.807) is 0 Å². The lowest BCUT2D eigenvalue weighted by Gasteiger charge is -2.42. The minimum Gasteiger partial charge on any atom is -0.312 e. The fourth-order valence-corrected chi connectivity index (χ4v) is 4.13. The Morgan fingerprint density at radius 1 is 1.19 bits per heavy atom. The summed E-state index contributed by atoms with van der Waals surface area (Å²) >= 11 is 0. The molecule has 2 unspecified atom stereocenters. The van der Waals surface area contributed by atoms with Gasteiger partial charge in [-0.1, -0.05) is 13.8 Å². The third-order valence-electron chi connectivity index (χ3n) is 4.66. The molecule has 21 heavy (non-hydrogen) atoms. The van der Waals surface area contributed by atoms with E-state index in [2.05, 4.69) is 39.9 Å². The molecule has 1 fully saturated rings. The second-order valence-electron chi connectivity index (χ2n) is 8.83. The molecule has 1 rings (SSSR count). The van der Waals surface area contributed by atoms with Crippen LogP contribution in [0.4, 0.5) is 0 Å². The minimum absolute atomic E-state index is 0.157. The van der Waals surface area contributed by atoms with Crippen LogP contribution >= 0.6 is 0 Å². The molecular formula is C17H35NO2S. The molecule has 1 aliphatic carbocycles. The molecule has 3 nitrogen and oxygen atoms in total. The van der Waals surface area contributed by atoms with Gasteiger partial charge in [0, 0.05) is 17.5 Å². The van der Waals surface area contributed by atoms with Crippen molar-refractivity contribution in [1.29, 1.82) is 0 Å². The van der Waals surface area contributed by atoms with Gasteiger partial charge in [-0.25, -0.2) is 8.42 Å². The number of nitrogens with one attached hydrogen (secondary N) is 1. The second-order valence-corrected chi connectivity index (χ2v) is 11.1. The van der Waals surface area contributed by atoms with Crippen LogP contribution in [0.5, 0.6) is 0 Å². The van der Waals surface area contributed by atoms with Crippen molar-refractivity contribution in [3.63, 3.8) is 0 Å². The van der Waals surface area contributed by atoms with E-state index in [1.807, 2.05) is 0 Å². The molecule has 0 saturated heterocycles. The van der Waals surface area contributed by atoms with Crippen LogP contribution in [0.1, 0.15) is 66.7 Å². The van der Waals surface area contributed by atoms with Crippen LogP contribution in [0.3, 0.4) is 0 Å². The van der Waals surface area contributed by atoms with Crippen LogP contribution in [0.2, 0.25) is 0 Å². The van der Waals surface area contributed by atoms with Crippen molar-refractivity contribution in [2.75, 3.05) is 18.6 Å². The molecule has 0 amide bonds. The van der Waals surface area contributed by atoms with Gasteiger partial charge in [-0.2, -0.15) is 0 Å². The van der Waals surface area contributed by atoms with Crippen LogP contribution in [-0.2, 0) is 9.84 Å².